The molecule has 0 spiro atoms. The van der Waals surface area contributed by atoms with E-state index in [-0.39, 0.29) is 25.3 Å². The van der Waals surface area contributed by atoms with Crippen LogP contribution in [0.5, 0.6) is 0 Å². The SMILES string of the molecule is Cc1ccc(NCC(O)CO)c(NC2CCN(C(=O)OC(C)(C)C)CC2)c1. The van der Waals surface area contributed by atoms with E-state index >= 15 is 0 Å². The Morgan fingerprint density at radius 3 is 2.56 bits per heavy atom. The Labute approximate surface area is 161 Å². The van der Waals surface area contributed by atoms with Gasteiger partial charge in [0, 0.05) is 25.7 Å². The van der Waals surface area contributed by atoms with E-state index < -0.39 is 11.7 Å². The predicted molar refractivity (Wildman–Crippen MR) is 107 cm³/mol. The number of hydrogen-bond donors (Lipinski definition) is 4. The highest BCUT2D eigenvalue weighted by Gasteiger charge is 2.27. The number of ether oxygens (including phenoxy) is 1. The Kier molecular flexibility index (Phi) is 7.33. The van der Waals surface area contributed by atoms with Crippen molar-refractivity contribution in [1.82, 2.24) is 4.90 Å². The molecule has 1 saturated heterocycles. The number of rotatable bonds is 6. The van der Waals surface area contributed by atoms with Crippen molar-refractivity contribution in [3.05, 3.63) is 23.8 Å². The van der Waals surface area contributed by atoms with Crippen LogP contribution in [-0.4, -0.2) is 65.2 Å². The summed E-state index contributed by atoms with van der Waals surface area (Å²) in [4.78, 5) is 13.9. The van der Waals surface area contributed by atoms with E-state index in [4.69, 9.17) is 9.84 Å². The van der Waals surface area contributed by atoms with Gasteiger partial charge in [-0.15, -0.1) is 0 Å². The summed E-state index contributed by atoms with van der Waals surface area (Å²) in [6.07, 6.45) is 0.630. The van der Waals surface area contributed by atoms with E-state index in [1.807, 2.05) is 39.8 Å². The van der Waals surface area contributed by atoms with Crippen LogP contribution in [0.25, 0.3) is 0 Å². The largest absolute Gasteiger partial charge is 0.444 e. The number of aryl methyl sites for hydroxylation is 1. The van der Waals surface area contributed by atoms with Crippen LogP contribution in [0.1, 0.15) is 39.2 Å². The number of aliphatic hydroxyl groups excluding tert-OH is 2. The molecule has 2 rings (SSSR count). The van der Waals surface area contributed by atoms with Gasteiger partial charge in [0.2, 0.25) is 0 Å². The van der Waals surface area contributed by atoms with Crippen LogP contribution in [0.3, 0.4) is 0 Å². The molecule has 1 aromatic rings. The normalized spacial score (nSPS) is 16.7. The number of aliphatic hydroxyl groups is 2. The summed E-state index contributed by atoms with van der Waals surface area (Å²) in [5.41, 5.74) is 2.52. The van der Waals surface area contributed by atoms with Gasteiger partial charge < -0.3 is 30.5 Å². The molecule has 1 aliphatic rings. The first kappa shape index (κ1) is 21.3. The molecule has 7 heteroatoms. The molecule has 0 aliphatic carbocycles. The predicted octanol–water partition coefficient (Wildman–Crippen LogP) is 2.57. The average Bonchev–Trinajstić information content (AvgIpc) is 2.60. The van der Waals surface area contributed by atoms with Crippen molar-refractivity contribution in [2.75, 3.05) is 36.9 Å². The first-order valence-electron chi connectivity index (χ1n) is 9.56. The molecular formula is C20H33N3O4. The minimum absolute atomic E-state index is 0.253. The Bertz CT molecular complexity index is 622. The molecule has 1 amide bonds. The maximum atomic E-state index is 12.2. The van der Waals surface area contributed by atoms with Gasteiger partial charge in [0.25, 0.3) is 0 Å². The third-order valence-corrected chi connectivity index (χ3v) is 4.42. The molecule has 0 radical (unpaired) electrons. The molecule has 152 valence electrons. The van der Waals surface area contributed by atoms with E-state index in [1.54, 1.807) is 4.90 Å². The number of carbonyl (C=O) groups excluding carboxylic acids is 1. The zero-order chi connectivity index (χ0) is 20.0. The smallest absolute Gasteiger partial charge is 0.410 e. The van der Waals surface area contributed by atoms with Crippen molar-refractivity contribution in [3.8, 4) is 0 Å². The molecule has 1 atom stereocenters. The number of piperidine rings is 1. The molecule has 1 unspecified atom stereocenters. The fourth-order valence-electron chi connectivity index (χ4n) is 2.98. The highest BCUT2D eigenvalue weighted by Crippen LogP contribution is 2.26. The zero-order valence-corrected chi connectivity index (χ0v) is 16.8. The highest BCUT2D eigenvalue weighted by atomic mass is 16.6. The van der Waals surface area contributed by atoms with Gasteiger partial charge in [-0.2, -0.15) is 0 Å². The number of benzene rings is 1. The third-order valence-electron chi connectivity index (χ3n) is 4.42. The Balaban J connectivity index is 1.92. The molecule has 0 saturated carbocycles. The van der Waals surface area contributed by atoms with Crippen molar-refractivity contribution in [2.45, 2.75) is 58.3 Å². The summed E-state index contributed by atoms with van der Waals surface area (Å²) >= 11 is 0. The number of hydrogen-bond acceptors (Lipinski definition) is 6. The number of nitrogens with zero attached hydrogens (tertiary/aromatic N) is 1. The molecule has 27 heavy (non-hydrogen) atoms. The van der Waals surface area contributed by atoms with Gasteiger partial charge >= 0.3 is 6.09 Å². The standard InChI is InChI=1S/C20H33N3O4/c1-14-5-6-17(21-12-16(25)13-24)18(11-14)22-15-7-9-23(10-8-15)19(26)27-20(2,3)4/h5-6,11,15-16,21-22,24-25H,7-10,12-13H2,1-4H3. The summed E-state index contributed by atoms with van der Waals surface area (Å²) in [5, 5.41) is 25.3. The maximum Gasteiger partial charge on any atom is 0.410 e. The second-order valence-electron chi connectivity index (χ2n) is 8.15. The Hall–Kier alpha value is -1.99. The molecule has 1 fully saturated rings. The highest BCUT2D eigenvalue weighted by molar-refractivity contribution is 5.70. The zero-order valence-electron chi connectivity index (χ0n) is 16.8. The van der Waals surface area contributed by atoms with E-state index in [2.05, 4.69) is 16.7 Å². The Morgan fingerprint density at radius 1 is 1.30 bits per heavy atom. The lowest BCUT2D eigenvalue weighted by molar-refractivity contribution is 0.0210. The topological polar surface area (TPSA) is 94.1 Å². The van der Waals surface area contributed by atoms with Gasteiger partial charge in [-0.25, -0.2) is 4.79 Å². The molecule has 1 aliphatic heterocycles. The lowest BCUT2D eigenvalue weighted by Gasteiger charge is -2.34. The number of nitrogens with one attached hydrogen (secondary N) is 2. The van der Waals surface area contributed by atoms with Crippen molar-refractivity contribution in [3.63, 3.8) is 0 Å². The number of anilines is 2. The van der Waals surface area contributed by atoms with Crippen LogP contribution in [0.15, 0.2) is 18.2 Å². The molecule has 1 aromatic carbocycles. The summed E-state index contributed by atoms with van der Waals surface area (Å²) in [6.45, 7) is 8.98. The molecule has 1 heterocycles. The van der Waals surface area contributed by atoms with Crippen LogP contribution < -0.4 is 10.6 Å². The fourth-order valence-corrected chi connectivity index (χ4v) is 2.98. The molecule has 4 N–H and O–H groups in total. The lowest BCUT2D eigenvalue weighted by Crippen LogP contribution is -2.44. The maximum absolute atomic E-state index is 12.2. The van der Waals surface area contributed by atoms with Crippen molar-refractivity contribution in [2.24, 2.45) is 0 Å². The summed E-state index contributed by atoms with van der Waals surface area (Å²) in [6, 6.07) is 6.30. The van der Waals surface area contributed by atoms with Crippen LogP contribution >= 0.6 is 0 Å². The van der Waals surface area contributed by atoms with Crippen molar-refractivity contribution >= 4 is 17.5 Å². The van der Waals surface area contributed by atoms with Gasteiger partial charge in [-0.3, -0.25) is 0 Å². The Morgan fingerprint density at radius 2 is 1.96 bits per heavy atom. The van der Waals surface area contributed by atoms with Gasteiger partial charge in [-0.1, -0.05) is 6.07 Å². The first-order valence-corrected chi connectivity index (χ1v) is 9.56. The summed E-state index contributed by atoms with van der Waals surface area (Å²) in [5.74, 6) is 0. The van der Waals surface area contributed by atoms with Crippen LogP contribution in [0.2, 0.25) is 0 Å². The average molecular weight is 380 g/mol. The number of carbonyl (C=O) groups is 1. The quantitative estimate of drug-likeness (QED) is 0.607. The second kappa shape index (κ2) is 9.28. The third kappa shape index (κ3) is 6.92. The molecular weight excluding hydrogens is 346 g/mol. The summed E-state index contributed by atoms with van der Waals surface area (Å²) < 4.78 is 5.44. The lowest BCUT2D eigenvalue weighted by atomic mass is 10.0. The van der Waals surface area contributed by atoms with E-state index in [0.29, 0.717) is 13.1 Å². The first-order chi connectivity index (χ1) is 12.7. The van der Waals surface area contributed by atoms with Crippen molar-refractivity contribution in [1.29, 1.82) is 0 Å². The van der Waals surface area contributed by atoms with E-state index in [0.717, 1.165) is 29.8 Å². The van der Waals surface area contributed by atoms with Gasteiger partial charge in [-0.05, 0) is 58.2 Å². The number of likely N-dealkylation sites (tertiary alicyclic amines) is 1. The fraction of sp³-hybridized carbons (Fsp3) is 0.650. The minimum Gasteiger partial charge on any atom is -0.444 e. The number of amides is 1. The molecule has 7 nitrogen and oxygen atoms in total. The van der Waals surface area contributed by atoms with Crippen molar-refractivity contribution < 1.29 is 19.7 Å². The molecule has 0 bridgehead atoms. The van der Waals surface area contributed by atoms with Crippen LogP contribution in [-0.2, 0) is 4.74 Å². The van der Waals surface area contributed by atoms with Gasteiger partial charge in [0.1, 0.15) is 5.60 Å². The molecule has 0 aromatic heterocycles. The van der Waals surface area contributed by atoms with E-state index in [1.165, 1.54) is 0 Å². The monoisotopic (exact) mass is 379 g/mol. The van der Waals surface area contributed by atoms with Gasteiger partial charge in [0.15, 0.2) is 0 Å². The van der Waals surface area contributed by atoms with Crippen LogP contribution in [0, 0.1) is 6.92 Å². The second-order valence-corrected chi connectivity index (χ2v) is 8.15. The van der Waals surface area contributed by atoms with Crippen LogP contribution in [0.4, 0.5) is 16.2 Å². The summed E-state index contributed by atoms with van der Waals surface area (Å²) in [7, 11) is 0. The van der Waals surface area contributed by atoms with E-state index in [9.17, 15) is 9.90 Å². The minimum atomic E-state index is -0.795. The van der Waals surface area contributed by atoms with Gasteiger partial charge in [0.05, 0.1) is 24.1 Å².